The quantitative estimate of drug-likeness (QED) is 0.610. The van der Waals surface area contributed by atoms with E-state index in [0.29, 0.717) is 5.92 Å². The number of imidazole rings is 1. The fraction of sp³-hybridized carbons (Fsp3) is 0.455. The molecule has 2 aromatic heterocycles. The minimum absolute atomic E-state index is 0.214. The Balaban J connectivity index is 1.64. The Hall–Kier alpha value is -2.40. The molecule has 144 valence electrons. The molecule has 0 aliphatic heterocycles. The summed E-state index contributed by atoms with van der Waals surface area (Å²) in [6, 6.07) is 8.94. The number of hydrogen-bond donors (Lipinski definition) is 1. The number of rotatable bonds is 9. The number of unbranched alkanes of at least 4 members (excludes halogenated alkanes) is 1. The molecule has 0 aliphatic rings. The Kier molecular flexibility index (Phi) is 6.45. The molecule has 1 aromatic carbocycles. The zero-order valence-corrected chi connectivity index (χ0v) is 16.9. The van der Waals surface area contributed by atoms with Crippen molar-refractivity contribution in [3.8, 4) is 5.69 Å². The second-order valence-electron chi connectivity index (χ2n) is 7.56. The lowest BCUT2D eigenvalue weighted by Crippen LogP contribution is -2.27. The molecule has 0 radical (unpaired) electrons. The van der Waals surface area contributed by atoms with Crippen LogP contribution in [0.25, 0.3) is 5.69 Å². The van der Waals surface area contributed by atoms with Gasteiger partial charge in [0.25, 0.3) is 0 Å². The van der Waals surface area contributed by atoms with E-state index in [1.165, 1.54) is 24.0 Å². The number of aromatic nitrogens is 4. The summed E-state index contributed by atoms with van der Waals surface area (Å²) in [6.45, 7) is 7.43. The molecule has 2 heterocycles. The summed E-state index contributed by atoms with van der Waals surface area (Å²) in [7, 11) is 2.04. The Morgan fingerprint density at radius 3 is 2.52 bits per heavy atom. The highest BCUT2D eigenvalue weighted by Gasteiger charge is 2.19. The van der Waals surface area contributed by atoms with Crippen molar-refractivity contribution in [3.63, 3.8) is 0 Å². The third-order valence-electron chi connectivity index (χ3n) is 4.99. The first kappa shape index (κ1) is 19.4. The number of aryl methyl sites for hydroxylation is 2. The van der Waals surface area contributed by atoms with Crippen LogP contribution in [0.1, 0.15) is 56.6 Å². The van der Waals surface area contributed by atoms with Crippen molar-refractivity contribution in [2.75, 3.05) is 0 Å². The lowest BCUT2D eigenvalue weighted by Gasteiger charge is -2.21. The fourth-order valence-corrected chi connectivity index (χ4v) is 3.32. The molecule has 0 fully saturated rings. The molecular formula is C22H31N5. The van der Waals surface area contributed by atoms with Crippen LogP contribution >= 0.6 is 0 Å². The van der Waals surface area contributed by atoms with Crippen molar-refractivity contribution >= 4 is 0 Å². The molecule has 3 rings (SSSR count). The SMILES string of the molecule is CCCCc1ccc(-n2cc(CNC(c3nccn3C)C(C)C)cn2)cc1. The van der Waals surface area contributed by atoms with E-state index >= 15 is 0 Å². The summed E-state index contributed by atoms with van der Waals surface area (Å²) < 4.78 is 4.03. The van der Waals surface area contributed by atoms with Gasteiger partial charge in [0.2, 0.25) is 0 Å². The first-order valence-electron chi connectivity index (χ1n) is 9.92. The second-order valence-corrected chi connectivity index (χ2v) is 7.56. The van der Waals surface area contributed by atoms with Crippen LogP contribution < -0.4 is 5.32 Å². The molecule has 1 unspecified atom stereocenters. The third kappa shape index (κ3) is 4.86. The normalized spacial score (nSPS) is 12.6. The minimum Gasteiger partial charge on any atom is -0.337 e. The van der Waals surface area contributed by atoms with E-state index in [-0.39, 0.29) is 6.04 Å². The lowest BCUT2D eigenvalue weighted by molar-refractivity contribution is 0.384. The van der Waals surface area contributed by atoms with Gasteiger partial charge in [-0.25, -0.2) is 9.67 Å². The Morgan fingerprint density at radius 1 is 1.11 bits per heavy atom. The van der Waals surface area contributed by atoms with Crippen molar-refractivity contribution in [2.45, 2.75) is 52.6 Å². The van der Waals surface area contributed by atoms with Crippen LogP contribution in [0.5, 0.6) is 0 Å². The summed E-state index contributed by atoms with van der Waals surface area (Å²) >= 11 is 0. The van der Waals surface area contributed by atoms with Crippen LogP contribution in [0.4, 0.5) is 0 Å². The number of nitrogens with zero attached hydrogens (tertiary/aromatic N) is 4. The largest absolute Gasteiger partial charge is 0.337 e. The summed E-state index contributed by atoms with van der Waals surface area (Å²) in [5.74, 6) is 1.52. The zero-order chi connectivity index (χ0) is 19.2. The van der Waals surface area contributed by atoms with E-state index in [0.717, 1.165) is 24.5 Å². The van der Waals surface area contributed by atoms with Gasteiger partial charge in [-0.3, -0.25) is 0 Å². The maximum Gasteiger partial charge on any atom is 0.125 e. The van der Waals surface area contributed by atoms with Gasteiger partial charge in [-0.15, -0.1) is 0 Å². The lowest BCUT2D eigenvalue weighted by atomic mass is 10.0. The second kappa shape index (κ2) is 9.00. The fourth-order valence-electron chi connectivity index (χ4n) is 3.32. The van der Waals surface area contributed by atoms with Crippen LogP contribution in [0.15, 0.2) is 49.1 Å². The summed E-state index contributed by atoms with van der Waals surface area (Å²) in [5, 5.41) is 8.18. The average Bonchev–Trinajstić information content (AvgIpc) is 3.30. The van der Waals surface area contributed by atoms with Gasteiger partial charge in [0.05, 0.1) is 17.9 Å². The van der Waals surface area contributed by atoms with Crippen LogP contribution in [0, 0.1) is 5.92 Å². The average molecular weight is 366 g/mol. The van der Waals surface area contributed by atoms with Gasteiger partial charge in [0, 0.05) is 37.7 Å². The Bertz CT molecular complexity index is 829. The Labute approximate surface area is 162 Å². The summed E-state index contributed by atoms with van der Waals surface area (Å²) in [4.78, 5) is 4.51. The predicted octanol–water partition coefficient (Wildman–Crippen LogP) is 4.44. The Morgan fingerprint density at radius 2 is 1.89 bits per heavy atom. The van der Waals surface area contributed by atoms with Crippen LogP contribution in [0.3, 0.4) is 0 Å². The van der Waals surface area contributed by atoms with Gasteiger partial charge in [-0.05, 0) is 36.5 Å². The van der Waals surface area contributed by atoms with Crippen molar-refractivity contribution in [2.24, 2.45) is 13.0 Å². The van der Waals surface area contributed by atoms with Gasteiger partial charge in [0.15, 0.2) is 0 Å². The van der Waals surface area contributed by atoms with Gasteiger partial charge < -0.3 is 9.88 Å². The summed E-state index contributed by atoms with van der Waals surface area (Å²) in [6.07, 6.45) is 11.5. The van der Waals surface area contributed by atoms with Gasteiger partial charge in [-0.2, -0.15) is 5.10 Å². The first-order valence-corrected chi connectivity index (χ1v) is 9.92. The highest BCUT2D eigenvalue weighted by Crippen LogP contribution is 2.20. The minimum atomic E-state index is 0.214. The van der Waals surface area contributed by atoms with Crippen LogP contribution in [-0.4, -0.2) is 19.3 Å². The van der Waals surface area contributed by atoms with Crippen LogP contribution in [-0.2, 0) is 20.0 Å². The summed E-state index contributed by atoms with van der Waals surface area (Å²) in [5.41, 5.74) is 3.67. The highest BCUT2D eigenvalue weighted by atomic mass is 15.3. The van der Waals surface area contributed by atoms with E-state index in [4.69, 9.17) is 0 Å². The molecule has 5 nitrogen and oxygen atoms in total. The molecule has 0 aliphatic carbocycles. The van der Waals surface area contributed by atoms with E-state index in [2.05, 4.69) is 71.2 Å². The zero-order valence-electron chi connectivity index (χ0n) is 16.9. The molecule has 0 amide bonds. The predicted molar refractivity (Wildman–Crippen MR) is 110 cm³/mol. The van der Waals surface area contributed by atoms with Gasteiger partial charge in [-0.1, -0.05) is 39.3 Å². The van der Waals surface area contributed by atoms with Crippen molar-refractivity contribution in [3.05, 3.63) is 66.0 Å². The molecular weight excluding hydrogens is 334 g/mol. The smallest absolute Gasteiger partial charge is 0.125 e. The number of nitrogens with one attached hydrogen (secondary N) is 1. The highest BCUT2D eigenvalue weighted by molar-refractivity contribution is 5.34. The standard InChI is InChI=1S/C22H31N5/c1-5-6-7-18-8-10-20(11-9-18)27-16-19(15-25-27)14-24-21(17(2)3)22-23-12-13-26(22)4/h8-13,15-17,21,24H,5-7,14H2,1-4H3. The van der Waals surface area contributed by atoms with Gasteiger partial charge in [0.1, 0.15) is 5.82 Å². The number of benzene rings is 1. The molecule has 3 aromatic rings. The molecule has 0 saturated heterocycles. The van der Waals surface area contributed by atoms with E-state index in [1.54, 1.807) is 0 Å². The molecule has 0 saturated carbocycles. The monoisotopic (exact) mass is 365 g/mol. The maximum atomic E-state index is 4.54. The molecule has 1 N–H and O–H groups in total. The van der Waals surface area contributed by atoms with E-state index < -0.39 is 0 Å². The maximum absolute atomic E-state index is 4.54. The first-order chi connectivity index (χ1) is 13.1. The third-order valence-corrected chi connectivity index (χ3v) is 4.99. The van der Waals surface area contributed by atoms with E-state index in [1.807, 2.05) is 30.3 Å². The van der Waals surface area contributed by atoms with Crippen LogP contribution in [0.2, 0.25) is 0 Å². The molecule has 5 heteroatoms. The van der Waals surface area contributed by atoms with E-state index in [9.17, 15) is 0 Å². The van der Waals surface area contributed by atoms with Crippen molar-refractivity contribution in [1.82, 2.24) is 24.6 Å². The number of hydrogen-bond acceptors (Lipinski definition) is 3. The molecule has 1 atom stereocenters. The topological polar surface area (TPSA) is 47.7 Å². The van der Waals surface area contributed by atoms with Crippen molar-refractivity contribution < 1.29 is 0 Å². The molecule has 0 spiro atoms. The molecule has 0 bridgehead atoms. The van der Waals surface area contributed by atoms with Crippen molar-refractivity contribution in [1.29, 1.82) is 0 Å². The molecule has 27 heavy (non-hydrogen) atoms. The van der Waals surface area contributed by atoms with Gasteiger partial charge >= 0.3 is 0 Å².